The monoisotopic (exact) mass is 1520 g/mol. The Morgan fingerprint density at radius 3 is 1.16 bits per heavy atom. The van der Waals surface area contributed by atoms with Crippen molar-refractivity contribution in [2.45, 2.75) is 288 Å². The second kappa shape index (κ2) is 47.5. The van der Waals surface area contributed by atoms with Crippen LogP contribution < -0.4 is 27.2 Å². The summed E-state index contributed by atoms with van der Waals surface area (Å²) < 4.78 is 66.4. The summed E-state index contributed by atoms with van der Waals surface area (Å²) >= 11 is 0. The maximum Gasteiger partial charge on any atom is 0.234 e. The van der Waals surface area contributed by atoms with Crippen LogP contribution in [0.2, 0.25) is 0 Å². The van der Waals surface area contributed by atoms with Crippen molar-refractivity contribution in [1.82, 2.24) is 21.5 Å². The molecule has 6 aliphatic heterocycles. The highest BCUT2D eigenvalue weighted by Crippen LogP contribution is 2.34. The summed E-state index contributed by atoms with van der Waals surface area (Å²) in [4.78, 5) is 59.4. The molecule has 42 nitrogen and oxygen atoms in total. The highest BCUT2D eigenvalue weighted by atomic mass is 16.8. The largest absolute Gasteiger partial charge is 0.394 e. The number of amides is 3. The van der Waals surface area contributed by atoms with Crippen LogP contribution in [0.4, 0.5) is 0 Å². The van der Waals surface area contributed by atoms with Gasteiger partial charge in [0.15, 0.2) is 37.7 Å². The van der Waals surface area contributed by atoms with E-state index in [1.807, 2.05) is 6.92 Å². The Hall–Kier alpha value is -3.61. The van der Waals surface area contributed by atoms with Gasteiger partial charge in [-0.2, -0.15) is 0 Å². The lowest BCUT2D eigenvalue weighted by atomic mass is 9.96. The maximum absolute atomic E-state index is 12.4. The third-order valence-corrected chi connectivity index (χ3v) is 17.8. The van der Waals surface area contributed by atoms with Crippen molar-refractivity contribution in [3.05, 3.63) is 0 Å². The van der Waals surface area contributed by atoms with Crippen molar-refractivity contribution < 1.29 is 183 Å². The molecule has 0 radical (unpaired) electrons. The van der Waals surface area contributed by atoms with Crippen LogP contribution in [0.25, 0.3) is 0 Å². The van der Waals surface area contributed by atoms with Crippen LogP contribution in [0.15, 0.2) is 0 Å². The number of hydrogen-bond donors (Lipinski definition) is 25. The maximum atomic E-state index is 12.4. The van der Waals surface area contributed by atoms with Gasteiger partial charge < -0.3 is 180 Å². The molecule has 31 atom stereocenters. The summed E-state index contributed by atoms with van der Waals surface area (Å²) in [6, 6.07) is -0.537. The number of Topliss-reactive ketones (excluding diaryl/α,β-unsaturated/α-hetero) is 1. The molecule has 6 fully saturated rings. The molecule has 0 unspecified atom stereocenters. The van der Waals surface area contributed by atoms with Crippen LogP contribution in [0.5, 0.6) is 0 Å². The zero-order valence-corrected chi connectivity index (χ0v) is 56.9. The molecule has 0 spiro atoms. The summed E-state index contributed by atoms with van der Waals surface area (Å²) in [5.41, 5.74) is 10.6. The van der Waals surface area contributed by atoms with Gasteiger partial charge in [0.05, 0.1) is 58.9 Å². The van der Waals surface area contributed by atoms with Gasteiger partial charge in [0.25, 0.3) is 0 Å². The number of rotatable bonds is 41. The molecule has 0 aromatic carbocycles. The molecule has 0 aromatic heterocycles. The van der Waals surface area contributed by atoms with Crippen LogP contribution in [-0.2, 0) is 80.8 Å². The Bertz CT molecular complexity index is 2440. The van der Waals surface area contributed by atoms with Gasteiger partial charge in [-0.1, -0.05) is 13.8 Å². The molecule has 3 amide bonds. The summed E-state index contributed by atoms with van der Waals surface area (Å²) in [5.74, 6) is -0.871. The fourth-order valence-electron chi connectivity index (χ4n) is 11.6. The van der Waals surface area contributed by atoms with Crippen LogP contribution in [0.3, 0.4) is 0 Å². The topological polar surface area (TPSA) is 675 Å². The molecule has 6 aliphatic rings. The number of ketones is 1. The number of aldehydes is 1. The number of nitrogens with two attached hydrogens (primary N) is 1. The number of hydrogen-bond acceptors (Lipinski definition) is 39. The van der Waals surface area contributed by atoms with E-state index in [1.165, 1.54) is 0 Å². The molecule has 26 N–H and O–H groups in total. The minimum Gasteiger partial charge on any atom is -0.394 e. The van der Waals surface area contributed by atoms with Gasteiger partial charge in [-0.15, -0.1) is 0 Å². The second-order valence-electron chi connectivity index (χ2n) is 25.5. The Balaban J connectivity index is 0.000000440. The minimum atomic E-state index is -1.91. The summed E-state index contributed by atoms with van der Waals surface area (Å²) in [6.45, 7) is -1.84. The standard InChI is InChI=1S/C32H58N4O19.C29H51NO18.CH4/c33-8-4-3-5-15(11-37)35-36-20(41)7-2-1-6-19(40)34-9-10-50-31-28(49)29(55-32-27(48)25(46)22(43)17(13-39)53-32)23(44)18(54-31)14-51-30-26(47)24(45)21(42)16(12-38)52-30;1-2-30-17(34)8-4-3-6-13(33)7-5-9-43-28-25(42)26(48-29-24(41)22(39)19(36)15(11-32)46-29)20(37)16(47-28)12-44-27-23(40)21(38)18(35)14(10-31)45-27;/h11,15-18,21-32,35,38-39,42-49H,1-10,12-14,33H2,(H,34,40)(H,36,41);14-16,18-29,31-32,35-42H,2-12H2,1H3,(H,30,34);1H4/t15-,16+,17+,18+,21+,22+,23+,24-,25-,26-,27-,28-,29-,30-,31+,32+;14-,15-,16-,18-,19-,20-,21+,22+,23+,24+,25+,26+,27+,28-,29-;/m01./s1. The van der Waals surface area contributed by atoms with Crippen molar-refractivity contribution in [2.75, 3.05) is 72.5 Å². The van der Waals surface area contributed by atoms with E-state index in [9.17, 15) is 126 Å². The molecule has 0 aromatic rings. The van der Waals surface area contributed by atoms with E-state index in [1.54, 1.807) is 0 Å². The quantitative estimate of drug-likeness (QED) is 0.0154. The molecule has 42 heteroatoms. The van der Waals surface area contributed by atoms with Crippen molar-refractivity contribution in [1.29, 1.82) is 0 Å². The van der Waals surface area contributed by atoms with E-state index in [2.05, 4.69) is 21.5 Å². The number of nitrogens with one attached hydrogen (secondary N) is 4. The van der Waals surface area contributed by atoms with Crippen LogP contribution >= 0.6 is 0 Å². The van der Waals surface area contributed by atoms with Gasteiger partial charge in [-0.05, 0) is 58.4 Å². The number of carbonyl (C=O) groups is 5. The molecular weight excluding hydrogens is 1410 g/mol. The SMILES string of the molecule is C.CCNC(=O)CCCCC(=O)CCCO[C@@H]1O[C@H](CO[C@H]2O[C@H](CO)[C@@H](O)[C@H](O)[C@@H]2O)[C@@H](O)[C@H](O[C@H]2O[C@H](CO)[C@@H](O)[C@H](O)[C@@H]2O)[C@@H]1O.NCCCC[C@@H](C=O)NNC(=O)CCCCC(=O)NCCO[C@@H]1O[C@H](CO[C@H]2O[C@H](CO)[C@@H](O)[C@H](O)[C@@H]2O)[C@@H](O)[C@H](O[C@H]2O[C@H](CO)[C@@H](O)[C@H](O)[C@@H]2O)[C@@H]1O. The summed E-state index contributed by atoms with van der Waals surface area (Å²) in [7, 11) is 0. The Labute approximate surface area is 599 Å². The van der Waals surface area contributed by atoms with Crippen molar-refractivity contribution in [3.8, 4) is 0 Å². The van der Waals surface area contributed by atoms with Crippen molar-refractivity contribution in [3.63, 3.8) is 0 Å². The molecule has 0 saturated carbocycles. The third kappa shape index (κ3) is 27.2. The predicted molar refractivity (Wildman–Crippen MR) is 344 cm³/mol. The number of unbranched alkanes of at least 4 members (excludes halogenated alkanes) is 3. The molecular formula is C62H113N5O37. The van der Waals surface area contributed by atoms with E-state index >= 15 is 0 Å². The van der Waals surface area contributed by atoms with Gasteiger partial charge in [0.2, 0.25) is 17.7 Å². The molecule has 0 aliphatic carbocycles. The highest BCUT2D eigenvalue weighted by molar-refractivity contribution is 5.79. The number of aliphatic hydroxyl groups is 20. The van der Waals surface area contributed by atoms with E-state index in [0.717, 1.165) is 12.8 Å². The van der Waals surface area contributed by atoms with Crippen molar-refractivity contribution in [2.24, 2.45) is 5.73 Å². The lowest BCUT2D eigenvalue weighted by molar-refractivity contribution is -0.366. The Morgan fingerprint density at radius 1 is 0.404 bits per heavy atom. The first kappa shape index (κ1) is 92.8. The fraction of sp³-hybridized carbons (Fsp3) is 0.919. The van der Waals surface area contributed by atoms with E-state index < -0.39 is 230 Å². The number of ether oxygens (including phenoxy) is 12. The molecule has 6 saturated heterocycles. The van der Waals surface area contributed by atoms with Gasteiger partial charge in [0, 0.05) is 45.2 Å². The zero-order valence-electron chi connectivity index (χ0n) is 56.9. The molecule has 6 heterocycles. The van der Waals surface area contributed by atoms with E-state index in [0.29, 0.717) is 57.9 Å². The first-order valence-corrected chi connectivity index (χ1v) is 34.4. The van der Waals surface area contributed by atoms with Gasteiger partial charge in [-0.3, -0.25) is 24.6 Å². The fourth-order valence-corrected chi connectivity index (χ4v) is 11.6. The smallest absolute Gasteiger partial charge is 0.234 e. The van der Waals surface area contributed by atoms with Crippen LogP contribution in [-0.4, -0.2) is 395 Å². The summed E-state index contributed by atoms with van der Waals surface area (Å²) in [6.07, 6.45) is -44.3. The molecule has 608 valence electrons. The third-order valence-electron chi connectivity index (χ3n) is 17.8. The lowest BCUT2D eigenvalue weighted by Gasteiger charge is -2.46. The Morgan fingerprint density at radius 2 is 0.760 bits per heavy atom. The average molecular weight is 1520 g/mol. The minimum absolute atomic E-state index is 0. The first-order valence-electron chi connectivity index (χ1n) is 34.4. The van der Waals surface area contributed by atoms with Crippen LogP contribution in [0.1, 0.15) is 97.8 Å². The Kier molecular flexibility index (Phi) is 42.3. The number of aliphatic hydroxyl groups excluding tert-OH is 20. The van der Waals surface area contributed by atoms with Gasteiger partial charge in [0.1, 0.15) is 159 Å². The van der Waals surface area contributed by atoms with Crippen molar-refractivity contribution >= 4 is 29.8 Å². The lowest BCUT2D eigenvalue weighted by Crippen LogP contribution is -2.65. The average Bonchev–Trinajstić information content (AvgIpc) is 0.797. The molecule has 6 rings (SSSR count). The van der Waals surface area contributed by atoms with E-state index in [-0.39, 0.29) is 82.8 Å². The first-order chi connectivity index (χ1) is 49.1. The van der Waals surface area contributed by atoms with Gasteiger partial charge in [-0.25, -0.2) is 5.43 Å². The summed E-state index contributed by atoms with van der Waals surface area (Å²) in [5, 5.41) is 210. The number of hydrazine groups is 1. The highest BCUT2D eigenvalue weighted by Gasteiger charge is 2.55. The van der Waals surface area contributed by atoms with E-state index in [4.69, 9.17) is 62.6 Å². The second-order valence-corrected chi connectivity index (χ2v) is 25.5. The van der Waals surface area contributed by atoms with Crippen LogP contribution in [0, 0.1) is 0 Å². The molecule has 104 heavy (non-hydrogen) atoms. The van der Waals surface area contributed by atoms with Gasteiger partial charge >= 0.3 is 0 Å². The predicted octanol–water partition coefficient (Wildman–Crippen LogP) is -12.4. The number of carbonyl (C=O) groups excluding carboxylic acids is 5. The normalized spacial score (nSPS) is 38.4. The zero-order chi connectivity index (χ0) is 76.2. The molecule has 0 bridgehead atoms.